The molecule has 0 fully saturated rings. The molecule has 0 unspecified atom stereocenters. The van der Waals surface area contributed by atoms with Crippen LogP contribution in [0.5, 0.6) is 0 Å². The SMILES string of the molecule is CCOC(=O)Cc1csc(NC(=O)CCC(=O)c2ccc(C)cc2)n1. The van der Waals surface area contributed by atoms with E-state index in [0.29, 0.717) is 23.0 Å². The number of nitrogens with one attached hydrogen (secondary N) is 1. The Morgan fingerprint density at radius 2 is 1.88 bits per heavy atom. The number of amides is 1. The summed E-state index contributed by atoms with van der Waals surface area (Å²) < 4.78 is 4.85. The quantitative estimate of drug-likeness (QED) is 0.577. The van der Waals surface area contributed by atoms with Gasteiger partial charge in [-0.3, -0.25) is 14.4 Å². The molecule has 0 aliphatic carbocycles. The van der Waals surface area contributed by atoms with Crippen LogP contribution in [-0.2, 0) is 20.7 Å². The van der Waals surface area contributed by atoms with Crippen LogP contribution in [0.3, 0.4) is 0 Å². The van der Waals surface area contributed by atoms with Crippen molar-refractivity contribution in [3.05, 3.63) is 46.5 Å². The molecule has 2 rings (SSSR count). The van der Waals surface area contributed by atoms with Crippen LogP contribution in [0.1, 0.15) is 41.4 Å². The van der Waals surface area contributed by atoms with E-state index in [1.54, 1.807) is 24.4 Å². The normalized spacial score (nSPS) is 10.3. The zero-order valence-corrected chi connectivity index (χ0v) is 15.0. The van der Waals surface area contributed by atoms with Gasteiger partial charge < -0.3 is 10.1 Å². The minimum Gasteiger partial charge on any atom is -0.466 e. The molecule has 25 heavy (non-hydrogen) atoms. The van der Waals surface area contributed by atoms with Gasteiger partial charge in [-0.2, -0.15) is 0 Å². The summed E-state index contributed by atoms with van der Waals surface area (Å²) in [5.74, 6) is -0.704. The minimum absolute atomic E-state index is 0.0720. The third-order valence-corrected chi connectivity index (χ3v) is 4.19. The summed E-state index contributed by atoms with van der Waals surface area (Å²) in [5, 5.41) is 4.76. The number of carbonyl (C=O) groups excluding carboxylic acids is 3. The van der Waals surface area contributed by atoms with Gasteiger partial charge in [0.15, 0.2) is 10.9 Å². The van der Waals surface area contributed by atoms with Crippen LogP contribution in [0.15, 0.2) is 29.6 Å². The van der Waals surface area contributed by atoms with Crippen molar-refractivity contribution >= 4 is 34.1 Å². The van der Waals surface area contributed by atoms with E-state index in [-0.39, 0.29) is 36.9 Å². The Balaban J connectivity index is 1.80. The highest BCUT2D eigenvalue weighted by atomic mass is 32.1. The predicted octanol–water partition coefficient (Wildman–Crippen LogP) is 3.16. The molecule has 6 nitrogen and oxygen atoms in total. The van der Waals surface area contributed by atoms with Crippen LogP contribution in [0.25, 0.3) is 0 Å². The van der Waals surface area contributed by atoms with Gasteiger partial charge >= 0.3 is 5.97 Å². The number of rotatable bonds is 8. The maximum absolute atomic E-state index is 12.1. The van der Waals surface area contributed by atoms with Crippen molar-refractivity contribution in [2.24, 2.45) is 0 Å². The third kappa shape index (κ3) is 6.11. The lowest BCUT2D eigenvalue weighted by Crippen LogP contribution is -2.13. The molecule has 132 valence electrons. The first-order valence-electron chi connectivity index (χ1n) is 7.97. The maximum atomic E-state index is 12.1. The van der Waals surface area contributed by atoms with Gasteiger partial charge in [0.2, 0.25) is 5.91 Å². The van der Waals surface area contributed by atoms with Gasteiger partial charge in [0.1, 0.15) is 0 Å². The Labute approximate surface area is 150 Å². The first kappa shape index (κ1) is 18.8. The number of aromatic nitrogens is 1. The van der Waals surface area contributed by atoms with Gasteiger partial charge in [-0.1, -0.05) is 29.8 Å². The Hall–Kier alpha value is -2.54. The zero-order valence-electron chi connectivity index (χ0n) is 14.2. The lowest BCUT2D eigenvalue weighted by Gasteiger charge is -2.03. The number of esters is 1. The number of hydrogen-bond acceptors (Lipinski definition) is 6. The number of benzene rings is 1. The van der Waals surface area contributed by atoms with E-state index < -0.39 is 0 Å². The van der Waals surface area contributed by atoms with Crippen LogP contribution in [0.2, 0.25) is 0 Å². The minimum atomic E-state index is -0.352. The molecule has 1 aromatic carbocycles. The summed E-state index contributed by atoms with van der Waals surface area (Å²) in [6.07, 6.45) is 0.293. The van der Waals surface area contributed by atoms with E-state index in [2.05, 4.69) is 10.3 Å². The molecular formula is C18H20N2O4S. The molecule has 0 radical (unpaired) electrons. The highest BCUT2D eigenvalue weighted by Crippen LogP contribution is 2.17. The van der Waals surface area contributed by atoms with Crippen LogP contribution >= 0.6 is 11.3 Å². The molecule has 0 saturated heterocycles. The van der Waals surface area contributed by atoms with Crippen molar-refractivity contribution in [2.75, 3.05) is 11.9 Å². The summed E-state index contributed by atoms with van der Waals surface area (Å²) >= 11 is 1.23. The van der Waals surface area contributed by atoms with Crippen molar-refractivity contribution in [1.82, 2.24) is 4.98 Å². The number of nitrogens with zero attached hydrogens (tertiary/aromatic N) is 1. The first-order valence-corrected chi connectivity index (χ1v) is 8.85. The van der Waals surface area contributed by atoms with Crippen LogP contribution < -0.4 is 5.32 Å². The van der Waals surface area contributed by atoms with Crippen molar-refractivity contribution in [3.63, 3.8) is 0 Å². The van der Waals surface area contributed by atoms with Crippen LogP contribution in [-0.4, -0.2) is 29.3 Å². The van der Waals surface area contributed by atoms with Gasteiger partial charge in [-0.05, 0) is 13.8 Å². The fourth-order valence-electron chi connectivity index (χ4n) is 2.10. The molecule has 1 N–H and O–H groups in total. The number of aryl methyl sites for hydroxylation is 1. The molecule has 0 aliphatic heterocycles. The number of thiazole rings is 1. The Bertz CT molecular complexity index is 753. The second kappa shape index (κ2) is 9.08. The molecule has 0 saturated carbocycles. The summed E-state index contributed by atoms with van der Waals surface area (Å²) in [5.41, 5.74) is 2.23. The Morgan fingerprint density at radius 1 is 1.16 bits per heavy atom. The summed E-state index contributed by atoms with van der Waals surface area (Å²) in [7, 11) is 0. The van der Waals surface area contributed by atoms with E-state index in [1.807, 2.05) is 19.1 Å². The molecule has 0 spiro atoms. The van der Waals surface area contributed by atoms with Crippen molar-refractivity contribution in [1.29, 1.82) is 0 Å². The standard InChI is InChI=1S/C18H20N2O4S/c1-3-24-17(23)10-14-11-25-18(19-14)20-16(22)9-8-15(21)13-6-4-12(2)5-7-13/h4-7,11H,3,8-10H2,1-2H3,(H,19,20,22). The number of Topliss-reactive ketones (excluding diaryl/α,β-unsaturated/α-hetero) is 1. The molecule has 0 aliphatic rings. The summed E-state index contributed by atoms with van der Waals surface area (Å²) in [4.78, 5) is 39.6. The molecule has 0 atom stereocenters. The maximum Gasteiger partial charge on any atom is 0.311 e. The zero-order chi connectivity index (χ0) is 18.2. The average molecular weight is 360 g/mol. The molecule has 7 heteroatoms. The number of hydrogen-bond donors (Lipinski definition) is 1. The molecule has 2 aromatic rings. The monoisotopic (exact) mass is 360 g/mol. The van der Waals surface area contributed by atoms with E-state index >= 15 is 0 Å². The summed E-state index contributed by atoms with van der Waals surface area (Å²) in [6, 6.07) is 7.26. The van der Waals surface area contributed by atoms with Gasteiger partial charge in [-0.25, -0.2) is 4.98 Å². The van der Waals surface area contributed by atoms with Gasteiger partial charge in [0.25, 0.3) is 0 Å². The van der Waals surface area contributed by atoms with Gasteiger partial charge in [0, 0.05) is 23.8 Å². The molecule has 1 amide bonds. The number of ether oxygens (including phenoxy) is 1. The number of anilines is 1. The van der Waals surface area contributed by atoms with Crippen LogP contribution in [0, 0.1) is 6.92 Å². The fraction of sp³-hybridized carbons (Fsp3) is 0.333. The fourth-order valence-corrected chi connectivity index (χ4v) is 2.82. The van der Waals surface area contributed by atoms with Crippen molar-refractivity contribution < 1.29 is 19.1 Å². The lowest BCUT2D eigenvalue weighted by molar-refractivity contribution is -0.142. The lowest BCUT2D eigenvalue weighted by atomic mass is 10.1. The predicted molar refractivity (Wildman–Crippen MR) is 95.8 cm³/mol. The molecule has 0 bridgehead atoms. The highest BCUT2D eigenvalue weighted by molar-refractivity contribution is 7.13. The number of carbonyl (C=O) groups is 3. The average Bonchev–Trinajstić information content (AvgIpc) is 3.00. The van der Waals surface area contributed by atoms with Gasteiger partial charge in [-0.15, -0.1) is 11.3 Å². The van der Waals surface area contributed by atoms with E-state index in [1.165, 1.54) is 11.3 Å². The number of ketones is 1. The second-order valence-corrected chi connectivity index (χ2v) is 6.32. The highest BCUT2D eigenvalue weighted by Gasteiger charge is 2.12. The van der Waals surface area contributed by atoms with Crippen molar-refractivity contribution in [3.8, 4) is 0 Å². The van der Waals surface area contributed by atoms with E-state index in [9.17, 15) is 14.4 Å². The molecule has 1 heterocycles. The Kier molecular flexibility index (Phi) is 6.82. The summed E-state index contributed by atoms with van der Waals surface area (Å²) in [6.45, 7) is 4.01. The third-order valence-electron chi connectivity index (χ3n) is 3.38. The smallest absolute Gasteiger partial charge is 0.311 e. The Morgan fingerprint density at radius 3 is 2.56 bits per heavy atom. The molecular weight excluding hydrogens is 340 g/mol. The van der Waals surface area contributed by atoms with E-state index in [4.69, 9.17) is 4.74 Å². The van der Waals surface area contributed by atoms with Crippen molar-refractivity contribution in [2.45, 2.75) is 33.1 Å². The molecule has 1 aromatic heterocycles. The first-order chi connectivity index (χ1) is 12.0. The van der Waals surface area contributed by atoms with E-state index in [0.717, 1.165) is 5.56 Å². The topological polar surface area (TPSA) is 85.4 Å². The van der Waals surface area contributed by atoms with Crippen LogP contribution in [0.4, 0.5) is 5.13 Å². The second-order valence-electron chi connectivity index (χ2n) is 5.46. The largest absolute Gasteiger partial charge is 0.466 e. The van der Waals surface area contributed by atoms with Gasteiger partial charge in [0.05, 0.1) is 18.7 Å².